The molecule has 1 amide bonds. The minimum Gasteiger partial charge on any atom is -0.360 e. The molecule has 0 saturated heterocycles. The van der Waals surface area contributed by atoms with E-state index >= 15 is 0 Å². The smallest absolute Gasteiger partial charge is 0.360 e. The average Bonchev–Trinajstić information content (AvgIpc) is 2.73. The Bertz CT molecular complexity index is 620. The van der Waals surface area contributed by atoms with Gasteiger partial charge in [0.2, 0.25) is 0 Å². The zero-order valence-corrected chi connectivity index (χ0v) is 9.60. The number of aromatic nitrogens is 2. The predicted octanol–water partition coefficient (Wildman–Crippen LogP) is 0.835. The lowest BCUT2D eigenvalue weighted by Gasteiger charge is -1.98. The largest absolute Gasteiger partial charge is 0.370 e. The van der Waals surface area contributed by atoms with Gasteiger partial charge in [0.1, 0.15) is 11.3 Å². The van der Waals surface area contributed by atoms with Gasteiger partial charge in [0.15, 0.2) is 5.82 Å². The molecule has 0 aromatic carbocycles. The summed E-state index contributed by atoms with van der Waals surface area (Å²) in [5.41, 5.74) is -0.261. The molecule has 0 fully saturated rings. The van der Waals surface area contributed by atoms with Gasteiger partial charge in [0.25, 0.3) is 5.91 Å². The van der Waals surface area contributed by atoms with Gasteiger partial charge in [0.05, 0.1) is 5.69 Å². The highest BCUT2D eigenvalue weighted by atomic mass is 16.5. The van der Waals surface area contributed by atoms with Crippen LogP contribution < -0.4 is 10.9 Å². The van der Waals surface area contributed by atoms with Gasteiger partial charge >= 0.3 is 5.63 Å². The van der Waals surface area contributed by atoms with Crippen molar-refractivity contribution in [3.05, 3.63) is 33.5 Å². The monoisotopic (exact) mass is 237 g/mol. The van der Waals surface area contributed by atoms with E-state index in [-0.39, 0.29) is 11.4 Å². The van der Waals surface area contributed by atoms with Crippen molar-refractivity contribution in [3.63, 3.8) is 0 Å². The number of hydrogen-bond acceptors (Lipinski definition) is 5. The first-order chi connectivity index (χ1) is 7.99. The van der Waals surface area contributed by atoms with Gasteiger partial charge in [-0.25, -0.2) is 9.53 Å². The zero-order valence-electron chi connectivity index (χ0n) is 9.60. The van der Waals surface area contributed by atoms with Gasteiger partial charge in [0, 0.05) is 13.1 Å². The molecule has 0 bridgehead atoms. The summed E-state index contributed by atoms with van der Waals surface area (Å²) in [6.07, 6.45) is 0. The van der Waals surface area contributed by atoms with Crippen LogP contribution in [0.2, 0.25) is 0 Å². The summed E-state index contributed by atoms with van der Waals surface area (Å²) in [5.74, 6) is 0.262. The number of nitrogens with zero attached hydrogens (tertiary/aromatic N) is 2. The fraction of sp³-hybridized carbons (Fsp3) is 0.300. The van der Waals surface area contributed by atoms with Crippen LogP contribution in [-0.2, 0) is 7.05 Å². The third-order valence-corrected chi connectivity index (χ3v) is 2.35. The molecule has 0 saturated carbocycles. The molecule has 90 valence electrons. The lowest BCUT2D eigenvalue weighted by atomic mass is 10.2. The van der Waals surface area contributed by atoms with Crippen molar-refractivity contribution >= 4 is 11.7 Å². The normalized spacial score (nSPS) is 10.5. The van der Waals surface area contributed by atoms with E-state index in [0.29, 0.717) is 11.5 Å². The molecular formula is C10H11N3O4. The Morgan fingerprint density at radius 1 is 1.47 bits per heavy atom. The lowest BCUT2D eigenvalue weighted by Crippen LogP contribution is -2.19. The maximum atomic E-state index is 11.8. The summed E-state index contributed by atoms with van der Waals surface area (Å²) in [6, 6.07) is 1.55. The summed E-state index contributed by atoms with van der Waals surface area (Å²) >= 11 is 0. The van der Waals surface area contributed by atoms with Crippen LogP contribution in [0.5, 0.6) is 0 Å². The van der Waals surface area contributed by atoms with Crippen molar-refractivity contribution in [1.29, 1.82) is 0 Å². The molecule has 2 aromatic rings. The molecule has 0 radical (unpaired) electrons. The van der Waals surface area contributed by atoms with Crippen LogP contribution in [0.3, 0.4) is 0 Å². The van der Waals surface area contributed by atoms with Gasteiger partial charge in [-0.05, 0) is 13.8 Å². The van der Waals surface area contributed by atoms with Gasteiger partial charge in [-0.3, -0.25) is 4.79 Å². The van der Waals surface area contributed by atoms with E-state index in [0.717, 1.165) is 0 Å². The minimum absolute atomic E-state index is 0.0341. The summed E-state index contributed by atoms with van der Waals surface area (Å²) < 4.78 is 10.8. The summed E-state index contributed by atoms with van der Waals surface area (Å²) in [5, 5.41) is 6.06. The van der Waals surface area contributed by atoms with Crippen molar-refractivity contribution in [2.75, 3.05) is 5.32 Å². The Morgan fingerprint density at radius 3 is 2.65 bits per heavy atom. The molecule has 7 nitrogen and oxygen atoms in total. The summed E-state index contributed by atoms with van der Waals surface area (Å²) in [6.45, 7) is 3.32. The van der Waals surface area contributed by atoms with E-state index < -0.39 is 11.5 Å². The Balaban J connectivity index is 2.29. The third-order valence-electron chi connectivity index (χ3n) is 2.35. The van der Waals surface area contributed by atoms with Crippen LogP contribution in [0.4, 0.5) is 5.82 Å². The maximum Gasteiger partial charge on any atom is 0.370 e. The standard InChI is InChI=1S/C10H11N3O4/c1-5-4-7(12-16-5)11-9(14)8-6(2)13(3)17-10(8)15/h4H,1-3H3,(H,11,12,14). The topological polar surface area (TPSA) is 90.3 Å². The van der Waals surface area contributed by atoms with E-state index in [9.17, 15) is 9.59 Å². The van der Waals surface area contributed by atoms with E-state index in [2.05, 4.69) is 10.5 Å². The maximum absolute atomic E-state index is 11.8. The molecule has 2 aromatic heterocycles. The fourth-order valence-corrected chi connectivity index (χ4v) is 1.40. The molecule has 7 heteroatoms. The van der Waals surface area contributed by atoms with Crippen LogP contribution in [0, 0.1) is 13.8 Å². The summed E-state index contributed by atoms with van der Waals surface area (Å²) in [4.78, 5) is 23.2. The second kappa shape index (κ2) is 3.93. The first kappa shape index (κ1) is 11.2. The molecule has 2 heterocycles. The molecular weight excluding hydrogens is 226 g/mol. The SMILES string of the molecule is Cc1cc(NC(=O)c2c(C)n(C)oc2=O)no1. The van der Waals surface area contributed by atoms with Crippen molar-refractivity contribution in [1.82, 2.24) is 9.90 Å². The van der Waals surface area contributed by atoms with E-state index in [1.165, 1.54) is 4.74 Å². The molecule has 0 atom stereocenters. The number of carbonyl (C=O) groups is 1. The van der Waals surface area contributed by atoms with Crippen LogP contribution in [-0.4, -0.2) is 15.8 Å². The fourth-order valence-electron chi connectivity index (χ4n) is 1.40. The van der Waals surface area contributed by atoms with Crippen molar-refractivity contribution in [2.45, 2.75) is 13.8 Å². The molecule has 0 aliphatic rings. The van der Waals surface area contributed by atoms with E-state index in [4.69, 9.17) is 9.05 Å². The number of carbonyl (C=O) groups excluding carboxylic acids is 1. The summed E-state index contributed by atoms with van der Waals surface area (Å²) in [7, 11) is 1.55. The first-order valence-corrected chi connectivity index (χ1v) is 4.90. The average molecular weight is 237 g/mol. The van der Waals surface area contributed by atoms with Gasteiger partial charge < -0.3 is 14.4 Å². The van der Waals surface area contributed by atoms with Crippen LogP contribution in [0.1, 0.15) is 21.8 Å². The van der Waals surface area contributed by atoms with Gasteiger partial charge in [-0.2, -0.15) is 0 Å². The van der Waals surface area contributed by atoms with Crippen molar-refractivity contribution in [3.8, 4) is 0 Å². The van der Waals surface area contributed by atoms with Crippen molar-refractivity contribution < 1.29 is 13.8 Å². The Morgan fingerprint density at radius 2 is 2.18 bits per heavy atom. The van der Waals surface area contributed by atoms with Crippen LogP contribution >= 0.6 is 0 Å². The molecule has 0 aliphatic heterocycles. The zero-order chi connectivity index (χ0) is 12.6. The number of hydrogen-bond donors (Lipinski definition) is 1. The highest BCUT2D eigenvalue weighted by Crippen LogP contribution is 2.10. The quantitative estimate of drug-likeness (QED) is 0.835. The number of amides is 1. The number of anilines is 1. The second-order valence-corrected chi connectivity index (χ2v) is 3.61. The predicted molar refractivity (Wildman–Crippen MR) is 57.9 cm³/mol. The molecule has 17 heavy (non-hydrogen) atoms. The highest BCUT2D eigenvalue weighted by Gasteiger charge is 2.20. The molecule has 0 spiro atoms. The van der Waals surface area contributed by atoms with Crippen LogP contribution in [0.15, 0.2) is 19.9 Å². The number of aryl methyl sites for hydroxylation is 2. The Hall–Kier alpha value is -2.31. The van der Waals surface area contributed by atoms with Crippen LogP contribution in [0.25, 0.3) is 0 Å². The third kappa shape index (κ3) is 1.99. The lowest BCUT2D eigenvalue weighted by molar-refractivity contribution is 0.102. The van der Waals surface area contributed by atoms with E-state index in [1.54, 1.807) is 27.0 Å². The minimum atomic E-state index is -0.678. The van der Waals surface area contributed by atoms with Gasteiger partial charge in [-0.1, -0.05) is 5.16 Å². The molecule has 1 N–H and O–H groups in total. The van der Waals surface area contributed by atoms with Crippen molar-refractivity contribution in [2.24, 2.45) is 7.05 Å². The van der Waals surface area contributed by atoms with Gasteiger partial charge in [-0.15, -0.1) is 0 Å². The molecule has 2 rings (SSSR count). The van der Waals surface area contributed by atoms with E-state index in [1.807, 2.05) is 0 Å². The molecule has 0 aliphatic carbocycles. The number of nitrogens with one attached hydrogen (secondary N) is 1. The Labute approximate surface area is 96.0 Å². The second-order valence-electron chi connectivity index (χ2n) is 3.61. The first-order valence-electron chi connectivity index (χ1n) is 4.90. The number of rotatable bonds is 2. The molecule has 0 unspecified atom stereocenters. The highest BCUT2D eigenvalue weighted by molar-refractivity contribution is 6.04. The Kier molecular flexibility index (Phi) is 2.58.